The zero-order valence-corrected chi connectivity index (χ0v) is 23.0. The van der Waals surface area contributed by atoms with Crippen LogP contribution < -0.4 is 15.2 Å². The number of carbonyl (C=O) groups excluding carboxylic acids is 4. The molecule has 0 saturated carbocycles. The first-order chi connectivity index (χ1) is 17.8. The minimum atomic E-state index is -1.10. The summed E-state index contributed by atoms with van der Waals surface area (Å²) in [5.41, 5.74) is 6.48. The Morgan fingerprint density at radius 2 is 1.29 bits per heavy atom. The Balaban J connectivity index is 2.90. The van der Waals surface area contributed by atoms with Crippen LogP contribution in [-0.4, -0.2) is 61.5 Å². The number of hydrogen-bond donors (Lipinski definition) is 1. The maximum Gasteiger partial charge on any atom is 0.514 e. The van der Waals surface area contributed by atoms with Gasteiger partial charge < -0.3 is 38.9 Å². The van der Waals surface area contributed by atoms with Crippen LogP contribution in [0.3, 0.4) is 0 Å². The molecule has 0 radical (unpaired) electrons. The third-order valence-electron chi connectivity index (χ3n) is 4.98. The van der Waals surface area contributed by atoms with Crippen molar-refractivity contribution in [3.8, 4) is 11.5 Å². The van der Waals surface area contributed by atoms with Crippen molar-refractivity contribution in [3.63, 3.8) is 0 Å². The lowest BCUT2D eigenvalue weighted by Crippen LogP contribution is -2.37. The van der Waals surface area contributed by atoms with Crippen LogP contribution in [-0.2, 0) is 34.9 Å². The van der Waals surface area contributed by atoms with Crippen molar-refractivity contribution in [1.29, 1.82) is 0 Å². The largest absolute Gasteiger partial charge is 0.514 e. The first-order valence-electron chi connectivity index (χ1n) is 12.5. The second-order valence-electron chi connectivity index (χ2n) is 8.94. The quantitative estimate of drug-likeness (QED) is 0.209. The molecule has 2 N–H and O–H groups in total. The van der Waals surface area contributed by atoms with Gasteiger partial charge in [-0.1, -0.05) is 19.9 Å². The molecule has 1 rings (SSSR count). The fraction of sp³-hybridized carbons (Fsp3) is 0.615. The minimum absolute atomic E-state index is 0.00380. The first-order valence-corrected chi connectivity index (χ1v) is 12.5. The van der Waals surface area contributed by atoms with E-state index in [1.165, 1.54) is 19.1 Å². The normalized spacial score (nSPS) is 13.9. The van der Waals surface area contributed by atoms with Gasteiger partial charge in [-0.05, 0) is 71.6 Å². The standard InChI is InChI=1S/C26H39NO11/c1-8-16(5)35-25(30)37-21-11-10-19(13-22(21)38-26(31)36-17(6)9-2)12-20(27)23(28)34-18(7)14-32-24(29)33-15(3)4/h10-11,13,15-18,20H,8-9,12,14,27H2,1-7H3/t16?,17?,18-,20-/m0/s1. The lowest BCUT2D eigenvalue weighted by molar-refractivity contribution is -0.152. The molecule has 1 aromatic rings. The highest BCUT2D eigenvalue weighted by Gasteiger charge is 2.23. The second-order valence-corrected chi connectivity index (χ2v) is 8.94. The summed E-state index contributed by atoms with van der Waals surface area (Å²) in [7, 11) is 0. The monoisotopic (exact) mass is 541 g/mol. The molecule has 12 nitrogen and oxygen atoms in total. The number of esters is 1. The smallest absolute Gasteiger partial charge is 0.458 e. The summed E-state index contributed by atoms with van der Waals surface area (Å²) >= 11 is 0. The van der Waals surface area contributed by atoms with Gasteiger partial charge in [0, 0.05) is 0 Å². The Kier molecular flexibility index (Phi) is 14.0. The molecule has 0 amide bonds. The van der Waals surface area contributed by atoms with Crippen molar-refractivity contribution in [2.75, 3.05) is 6.61 Å². The lowest BCUT2D eigenvalue weighted by Gasteiger charge is -2.18. The highest BCUT2D eigenvalue weighted by atomic mass is 16.8. The summed E-state index contributed by atoms with van der Waals surface area (Å²) in [4.78, 5) is 48.2. The van der Waals surface area contributed by atoms with E-state index in [4.69, 9.17) is 38.9 Å². The molecule has 1 aromatic carbocycles. The molecule has 0 aliphatic carbocycles. The van der Waals surface area contributed by atoms with Crippen molar-refractivity contribution in [2.24, 2.45) is 5.73 Å². The van der Waals surface area contributed by atoms with E-state index in [-0.39, 0.29) is 36.7 Å². The van der Waals surface area contributed by atoms with Crippen LogP contribution in [0.4, 0.5) is 14.4 Å². The zero-order chi connectivity index (χ0) is 28.8. The molecule has 4 atom stereocenters. The van der Waals surface area contributed by atoms with Gasteiger partial charge in [-0.2, -0.15) is 0 Å². The Morgan fingerprint density at radius 1 is 0.737 bits per heavy atom. The zero-order valence-electron chi connectivity index (χ0n) is 23.0. The molecular formula is C26H39NO11. The van der Waals surface area contributed by atoms with Crippen molar-refractivity contribution >= 4 is 24.4 Å². The predicted molar refractivity (Wildman–Crippen MR) is 135 cm³/mol. The fourth-order valence-electron chi connectivity index (χ4n) is 2.64. The van der Waals surface area contributed by atoms with E-state index in [9.17, 15) is 19.2 Å². The third kappa shape index (κ3) is 12.6. The summed E-state index contributed by atoms with van der Waals surface area (Å²) in [5, 5.41) is 0. The van der Waals surface area contributed by atoms with Gasteiger partial charge in [0.1, 0.15) is 31.0 Å². The third-order valence-corrected chi connectivity index (χ3v) is 4.98. The highest BCUT2D eigenvalue weighted by molar-refractivity contribution is 5.76. The van der Waals surface area contributed by atoms with Crippen LogP contribution in [0, 0.1) is 0 Å². The molecule has 0 bridgehead atoms. The minimum Gasteiger partial charge on any atom is -0.458 e. The summed E-state index contributed by atoms with van der Waals surface area (Å²) < 4.78 is 35.7. The summed E-state index contributed by atoms with van der Waals surface area (Å²) in [5.74, 6) is -0.948. The van der Waals surface area contributed by atoms with E-state index in [1.807, 2.05) is 13.8 Å². The summed E-state index contributed by atoms with van der Waals surface area (Å²) in [6.45, 7) is 11.8. The molecule has 12 heteroatoms. The molecule has 0 spiro atoms. The Labute approximate surface area is 223 Å². The second kappa shape index (κ2) is 16.3. The summed E-state index contributed by atoms with van der Waals surface area (Å²) in [6, 6.07) is 3.22. The van der Waals surface area contributed by atoms with Gasteiger partial charge in [-0.25, -0.2) is 14.4 Å². The van der Waals surface area contributed by atoms with E-state index in [0.29, 0.717) is 18.4 Å². The summed E-state index contributed by atoms with van der Waals surface area (Å²) in [6.07, 6.45) is -3.58. The SMILES string of the molecule is CCC(C)OC(=O)Oc1ccc(C[C@H](N)C(=O)O[C@@H](C)COC(=O)OC(C)C)cc1OC(=O)OC(C)CC. The Hall–Kier alpha value is -3.54. The van der Waals surface area contributed by atoms with E-state index in [0.717, 1.165) is 0 Å². The first kappa shape index (κ1) is 32.5. The van der Waals surface area contributed by atoms with Gasteiger partial charge in [-0.3, -0.25) is 4.79 Å². The molecule has 38 heavy (non-hydrogen) atoms. The van der Waals surface area contributed by atoms with Crippen LogP contribution in [0.15, 0.2) is 18.2 Å². The highest BCUT2D eigenvalue weighted by Crippen LogP contribution is 2.30. The van der Waals surface area contributed by atoms with Crippen molar-refractivity contribution < 1.29 is 52.3 Å². The fourth-order valence-corrected chi connectivity index (χ4v) is 2.64. The molecule has 0 fully saturated rings. The molecule has 0 aromatic heterocycles. The number of carbonyl (C=O) groups is 4. The lowest BCUT2D eigenvalue weighted by atomic mass is 10.1. The average Bonchev–Trinajstić information content (AvgIpc) is 2.83. The predicted octanol–water partition coefficient (Wildman–Crippen LogP) is 4.68. The van der Waals surface area contributed by atoms with E-state index in [2.05, 4.69) is 0 Å². The van der Waals surface area contributed by atoms with Crippen LogP contribution in [0.1, 0.15) is 66.9 Å². The Bertz CT molecular complexity index is 934. The average molecular weight is 542 g/mol. The molecule has 0 saturated heterocycles. The topological polar surface area (TPSA) is 159 Å². The number of rotatable bonds is 13. The van der Waals surface area contributed by atoms with Gasteiger partial charge in [0.15, 0.2) is 11.5 Å². The van der Waals surface area contributed by atoms with Crippen molar-refractivity contribution in [1.82, 2.24) is 0 Å². The van der Waals surface area contributed by atoms with Gasteiger partial charge >= 0.3 is 24.4 Å². The molecule has 0 heterocycles. The van der Waals surface area contributed by atoms with Crippen LogP contribution in [0.2, 0.25) is 0 Å². The van der Waals surface area contributed by atoms with E-state index >= 15 is 0 Å². The number of ether oxygens (including phenoxy) is 7. The number of benzene rings is 1. The Morgan fingerprint density at radius 3 is 1.82 bits per heavy atom. The van der Waals surface area contributed by atoms with Crippen molar-refractivity contribution in [2.45, 2.75) is 98.2 Å². The van der Waals surface area contributed by atoms with Crippen LogP contribution in [0.5, 0.6) is 11.5 Å². The number of hydrogen-bond acceptors (Lipinski definition) is 12. The van der Waals surface area contributed by atoms with E-state index < -0.39 is 42.7 Å². The van der Waals surface area contributed by atoms with E-state index in [1.54, 1.807) is 33.8 Å². The maximum atomic E-state index is 12.4. The van der Waals surface area contributed by atoms with Gasteiger partial charge in [-0.15, -0.1) is 0 Å². The molecule has 0 aliphatic heterocycles. The molecule has 214 valence electrons. The molecule has 2 unspecified atom stereocenters. The van der Waals surface area contributed by atoms with Gasteiger partial charge in [0.2, 0.25) is 0 Å². The molecule has 0 aliphatic rings. The molecular weight excluding hydrogens is 502 g/mol. The van der Waals surface area contributed by atoms with Crippen molar-refractivity contribution in [3.05, 3.63) is 23.8 Å². The van der Waals surface area contributed by atoms with Crippen LogP contribution >= 0.6 is 0 Å². The van der Waals surface area contributed by atoms with Gasteiger partial charge in [0.25, 0.3) is 0 Å². The number of nitrogens with two attached hydrogens (primary N) is 1. The van der Waals surface area contributed by atoms with Crippen LogP contribution in [0.25, 0.3) is 0 Å². The maximum absolute atomic E-state index is 12.4. The van der Waals surface area contributed by atoms with Gasteiger partial charge in [0.05, 0.1) is 6.10 Å².